The number of nitrogens with zero attached hydrogens (tertiary/aromatic N) is 2. The number of hydrogen-bond donors (Lipinski definition) is 0. The van der Waals surface area contributed by atoms with Crippen LogP contribution in [0.4, 0.5) is 0 Å². The second-order valence-corrected chi connectivity index (χ2v) is 7.11. The lowest BCUT2D eigenvalue weighted by Crippen LogP contribution is -1.86. The van der Waals surface area contributed by atoms with Crippen LogP contribution in [0.3, 0.4) is 0 Å². The molecular weight excluding hydrogens is 244 g/mol. The molecule has 2 aromatic rings. The summed E-state index contributed by atoms with van der Waals surface area (Å²) in [6.07, 6.45) is 2.12. The third-order valence-electron chi connectivity index (χ3n) is 2.12. The van der Waals surface area contributed by atoms with E-state index >= 15 is 0 Å². The van der Waals surface area contributed by atoms with Crippen molar-refractivity contribution in [2.75, 3.05) is 6.26 Å². The molecule has 0 fully saturated rings. The monoisotopic (exact) mass is 252 g/mol. The maximum atomic E-state index is 4.62. The molecule has 2 nitrogen and oxygen atoms in total. The molecule has 1 aliphatic rings. The topological polar surface area (TPSA) is 25.8 Å². The van der Waals surface area contributed by atoms with Crippen LogP contribution in [-0.2, 0) is 0 Å². The third-order valence-corrected chi connectivity index (χ3v) is 6.34. The van der Waals surface area contributed by atoms with Gasteiger partial charge in [-0.1, -0.05) is 35.7 Å². The van der Waals surface area contributed by atoms with Crippen molar-refractivity contribution in [3.8, 4) is 0 Å². The number of fused-ring (bicyclic) bond motifs is 2. The molecule has 0 unspecified atom stereocenters. The molecule has 0 bridgehead atoms. The molecule has 3 rings (SSSR count). The molecule has 0 atom stereocenters. The maximum Gasteiger partial charge on any atom is 0.131 e. The Kier molecular flexibility index (Phi) is 2.54. The molecule has 0 amide bonds. The molecule has 15 heavy (non-hydrogen) atoms. The highest BCUT2D eigenvalue weighted by atomic mass is 32.3. The first-order valence-corrected chi connectivity index (χ1v) is 7.54. The Morgan fingerprint density at radius 1 is 1.07 bits per heavy atom. The molecule has 1 aliphatic heterocycles. The van der Waals surface area contributed by atoms with Crippen molar-refractivity contribution >= 4 is 46.3 Å². The highest BCUT2D eigenvalue weighted by Gasteiger charge is 2.25. The minimum Gasteiger partial charge on any atom is -0.237 e. The summed E-state index contributed by atoms with van der Waals surface area (Å²) in [6, 6.07) is 8.03. The van der Waals surface area contributed by atoms with Crippen molar-refractivity contribution in [1.29, 1.82) is 0 Å². The summed E-state index contributed by atoms with van der Waals surface area (Å²) in [5.74, 6) is 0. The lowest BCUT2D eigenvalue weighted by molar-refractivity contribution is 0.981. The molecule has 5 heteroatoms. The highest BCUT2D eigenvalue weighted by Crippen LogP contribution is 2.50. The van der Waals surface area contributed by atoms with E-state index in [0.29, 0.717) is 3.91 Å². The molecule has 1 aromatic heterocycles. The summed E-state index contributed by atoms with van der Waals surface area (Å²) in [7, 11) is 0. The van der Waals surface area contributed by atoms with E-state index in [2.05, 4.69) is 16.2 Å². The Morgan fingerprint density at radius 2 is 1.60 bits per heavy atom. The van der Waals surface area contributed by atoms with E-state index < -0.39 is 0 Å². The first-order chi connectivity index (χ1) is 7.36. The number of aromatic nitrogens is 2. The van der Waals surface area contributed by atoms with Crippen LogP contribution in [0, 0.1) is 0 Å². The SMILES string of the molecule is CSC1Sc2nc3ccccc3nc2S1. The smallest absolute Gasteiger partial charge is 0.131 e. The third kappa shape index (κ3) is 1.73. The van der Waals surface area contributed by atoms with E-state index in [4.69, 9.17) is 0 Å². The Balaban J connectivity index is 2.14. The number of hydrogen-bond acceptors (Lipinski definition) is 5. The predicted octanol–water partition coefficient (Wildman–Crippen LogP) is 3.47. The summed E-state index contributed by atoms with van der Waals surface area (Å²) in [6.45, 7) is 0. The molecule has 0 aliphatic carbocycles. The van der Waals surface area contributed by atoms with Gasteiger partial charge in [0.05, 0.1) is 11.0 Å². The van der Waals surface area contributed by atoms with E-state index in [1.807, 2.05) is 36.0 Å². The summed E-state index contributed by atoms with van der Waals surface area (Å²) >= 11 is 5.45. The van der Waals surface area contributed by atoms with Crippen LogP contribution in [0.2, 0.25) is 0 Å². The molecule has 0 radical (unpaired) electrons. The Labute approximate surface area is 101 Å². The quantitative estimate of drug-likeness (QED) is 0.774. The van der Waals surface area contributed by atoms with Crippen LogP contribution in [0.1, 0.15) is 0 Å². The van der Waals surface area contributed by atoms with Gasteiger partial charge in [0.15, 0.2) is 0 Å². The van der Waals surface area contributed by atoms with Crippen molar-refractivity contribution < 1.29 is 0 Å². The summed E-state index contributed by atoms with van der Waals surface area (Å²) in [5.41, 5.74) is 1.98. The van der Waals surface area contributed by atoms with Gasteiger partial charge in [0.25, 0.3) is 0 Å². The van der Waals surface area contributed by atoms with Gasteiger partial charge in [-0.25, -0.2) is 9.97 Å². The zero-order valence-electron chi connectivity index (χ0n) is 8.01. The molecule has 1 aromatic carbocycles. The van der Waals surface area contributed by atoms with Crippen molar-refractivity contribution in [2.45, 2.75) is 14.0 Å². The van der Waals surface area contributed by atoms with Gasteiger partial charge < -0.3 is 0 Å². The van der Waals surface area contributed by atoms with Crippen LogP contribution in [0.25, 0.3) is 11.0 Å². The Hall–Kier alpha value is -0.390. The minimum absolute atomic E-state index is 0.511. The minimum atomic E-state index is 0.511. The van der Waals surface area contributed by atoms with Crippen LogP contribution in [0.15, 0.2) is 34.3 Å². The summed E-state index contributed by atoms with van der Waals surface area (Å²) in [5, 5.41) is 2.16. The van der Waals surface area contributed by atoms with Crippen LogP contribution in [-0.4, -0.2) is 20.1 Å². The van der Waals surface area contributed by atoms with Crippen LogP contribution >= 0.6 is 35.3 Å². The Bertz CT molecular complexity index is 470. The number of benzene rings is 1. The van der Waals surface area contributed by atoms with E-state index in [1.54, 1.807) is 23.5 Å². The molecule has 0 spiro atoms. The second kappa shape index (κ2) is 3.88. The standard InChI is InChI=1S/C10H8N2S3/c1-13-10-14-8-9(15-10)12-7-5-3-2-4-6(7)11-8/h2-5,10H,1H3. The number of para-hydroxylation sites is 2. The second-order valence-electron chi connectivity index (χ2n) is 3.08. The van der Waals surface area contributed by atoms with Crippen LogP contribution in [0.5, 0.6) is 0 Å². The van der Waals surface area contributed by atoms with Crippen LogP contribution < -0.4 is 0 Å². The summed E-state index contributed by atoms with van der Waals surface area (Å²) < 4.78 is 0.511. The number of thioether (sulfide) groups is 3. The van der Waals surface area contributed by atoms with Crippen molar-refractivity contribution in [2.24, 2.45) is 0 Å². The fourth-order valence-corrected chi connectivity index (χ4v) is 4.73. The van der Waals surface area contributed by atoms with Gasteiger partial charge in [0, 0.05) is 0 Å². The molecule has 0 N–H and O–H groups in total. The van der Waals surface area contributed by atoms with Gasteiger partial charge in [-0.15, -0.1) is 11.8 Å². The molecule has 2 heterocycles. The van der Waals surface area contributed by atoms with Gasteiger partial charge in [-0.05, 0) is 18.4 Å². The highest BCUT2D eigenvalue weighted by molar-refractivity contribution is 8.33. The van der Waals surface area contributed by atoms with E-state index in [1.165, 1.54) is 0 Å². The first kappa shape index (κ1) is 9.81. The predicted molar refractivity (Wildman–Crippen MR) is 68.6 cm³/mol. The van der Waals surface area contributed by atoms with Gasteiger partial charge in [0.1, 0.15) is 14.0 Å². The van der Waals surface area contributed by atoms with Crippen molar-refractivity contribution in [3.63, 3.8) is 0 Å². The van der Waals surface area contributed by atoms with E-state index in [9.17, 15) is 0 Å². The summed E-state index contributed by atoms with van der Waals surface area (Å²) in [4.78, 5) is 9.24. The average molecular weight is 252 g/mol. The maximum absolute atomic E-state index is 4.62. The fraction of sp³-hybridized carbons (Fsp3) is 0.200. The molecular formula is C10H8N2S3. The van der Waals surface area contributed by atoms with Crippen molar-refractivity contribution in [3.05, 3.63) is 24.3 Å². The number of rotatable bonds is 1. The first-order valence-electron chi connectivity index (χ1n) is 4.50. The normalized spacial score (nSPS) is 15.8. The van der Waals surface area contributed by atoms with E-state index in [-0.39, 0.29) is 0 Å². The zero-order chi connectivity index (χ0) is 10.3. The zero-order valence-corrected chi connectivity index (χ0v) is 10.5. The lowest BCUT2D eigenvalue weighted by atomic mass is 10.3. The fourth-order valence-electron chi connectivity index (χ4n) is 1.42. The molecule has 0 saturated heterocycles. The van der Waals surface area contributed by atoms with Gasteiger partial charge in [-0.2, -0.15) is 0 Å². The largest absolute Gasteiger partial charge is 0.237 e. The van der Waals surface area contributed by atoms with Gasteiger partial charge >= 0.3 is 0 Å². The molecule has 76 valence electrons. The molecule has 0 saturated carbocycles. The Morgan fingerprint density at radius 3 is 2.07 bits per heavy atom. The van der Waals surface area contributed by atoms with Crippen molar-refractivity contribution in [1.82, 2.24) is 9.97 Å². The average Bonchev–Trinajstić information content (AvgIpc) is 2.67. The van der Waals surface area contributed by atoms with Gasteiger partial charge in [-0.3, -0.25) is 0 Å². The van der Waals surface area contributed by atoms with E-state index in [0.717, 1.165) is 21.1 Å². The lowest BCUT2D eigenvalue weighted by Gasteiger charge is -1.98. The van der Waals surface area contributed by atoms with Gasteiger partial charge in [0.2, 0.25) is 0 Å².